The molecule has 65 heavy (non-hydrogen) atoms. The summed E-state index contributed by atoms with van der Waals surface area (Å²) in [6.45, 7) is 6.66. The quantitative estimate of drug-likeness (QED) is 0.128. The molecule has 0 radical (unpaired) electrons. The van der Waals surface area contributed by atoms with Crippen LogP contribution in [0.2, 0.25) is 0 Å². The molecular formula is C46H50F2N10O6S. The van der Waals surface area contributed by atoms with Gasteiger partial charge in [0.05, 0.1) is 4.90 Å². The molecule has 2 saturated heterocycles. The largest absolute Gasteiger partial charge is 0.448 e. The van der Waals surface area contributed by atoms with Gasteiger partial charge in [0.1, 0.15) is 11.3 Å². The van der Waals surface area contributed by atoms with E-state index in [1.165, 1.54) is 49.8 Å². The number of piperidine rings is 2. The first kappa shape index (κ1) is 46.2. The van der Waals surface area contributed by atoms with E-state index in [9.17, 15) is 26.8 Å². The van der Waals surface area contributed by atoms with E-state index in [1.54, 1.807) is 81.1 Å². The summed E-state index contributed by atoms with van der Waals surface area (Å²) in [5.41, 5.74) is 0.0295. The zero-order chi connectivity index (χ0) is 46.1. The zero-order valence-electron chi connectivity index (χ0n) is 36.4. The number of sulfonamides is 1. The van der Waals surface area contributed by atoms with Crippen LogP contribution >= 0.6 is 0 Å². The van der Waals surface area contributed by atoms with Crippen molar-refractivity contribution in [1.29, 1.82) is 0 Å². The second-order valence-corrected chi connectivity index (χ2v) is 17.0. The van der Waals surface area contributed by atoms with Crippen molar-refractivity contribution in [3.8, 4) is 23.0 Å². The number of nitrogens with one attached hydrogen (secondary N) is 3. The number of hydrogen-bond donors (Lipinski definition) is 3. The summed E-state index contributed by atoms with van der Waals surface area (Å²) in [5, 5.41) is 11.1. The molecule has 3 aromatic carbocycles. The molecule has 7 aromatic rings. The molecule has 0 bridgehead atoms. The van der Waals surface area contributed by atoms with Gasteiger partial charge in [-0.05, 0) is 87.3 Å². The van der Waals surface area contributed by atoms with E-state index >= 15 is 0 Å². The predicted octanol–water partition coefficient (Wildman–Crippen LogP) is 6.98. The van der Waals surface area contributed by atoms with Crippen molar-refractivity contribution in [2.45, 2.75) is 56.5 Å². The van der Waals surface area contributed by atoms with Crippen LogP contribution in [0.5, 0.6) is 23.0 Å². The highest BCUT2D eigenvalue weighted by molar-refractivity contribution is 7.89. The van der Waals surface area contributed by atoms with Crippen molar-refractivity contribution in [1.82, 2.24) is 38.7 Å². The summed E-state index contributed by atoms with van der Waals surface area (Å²) in [7, 11) is -0.357. The average molecular weight is 909 g/mol. The van der Waals surface area contributed by atoms with Gasteiger partial charge in [0.2, 0.25) is 21.9 Å². The number of pyridine rings is 2. The monoisotopic (exact) mass is 908 g/mol. The molecule has 2 fully saturated rings. The van der Waals surface area contributed by atoms with E-state index in [-0.39, 0.29) is 33.9 Å². The Morgan fingerprint density at radius 2 is 1.06 bits per heavy atom. The smallest absolute Gasteiger partial charge is 0.294 e. The van der Waals surface area contributed by atoms with Crippen molar-refractivity contribution in [2.75, 3.05) is 36.8 Å². The summed E-state index contributed by atoms with van der Waals surface area (Å²) >= 11 is 0. The molecule has 0 spiro atoms. The number of nitrogens with zero attached hydrogens (tertiary/aromatic N) is 7. The molecule has 2 aliphatic heterocycles. The first-order valence-corrected chi connectivity index (χ1v) is 22.8. The number of aryl methyl sites for hydroxylation is 2. The second-order valence-electron chi connectivity index (χ2n) is 15.1. The van der Waals surface area contributed by atoms with Crippen LogP contribution < -0.4 is 36.5 Å². The molecule has 3 N–H and O–H groups in total. The van der Waals surface area contributed by atoms with Gasteiger partial charge in [0.15, 0.2) is 34.6 Å². The number of aromatic nitrogens is 6. The molecule has 340 valence electrons. The van der Waals surface area contributed by atoms with E-state index in [4.69, 9.17) is 9.47 Å². The molecule has 0 amide bonds. The SMILES string of the molecule is CC.Cn1c(=O)c(Oc2ccccc2F)cc2cnc(NC3CCN(S(=O)(=O)c4ccccc4)CC3)nc21.Cn1c(=O)c(Oc2ccccc2F)cc2cnc(NC3CCNCC3)nc21. The molecule has 4 aromatic heterocycles. The maximum Gasteiger partial charge on any atom is 0.294 e. The van der Waals surface area contributed by atoms with Crippen molar-refractivity contribution in [3.63, 3.8) is 0 Å². The third kappa shape index (κ3) is 10.8. The van der Waals surface area contributed by atoms with Crippen LogP contribution in [0.15, 0.2) is 118 Å². The van der Waals surface area contributed by atoms with Crippen LogP contribution in [0, 0.1) is 11.6 Å². The van der Waals surface area contributed by atoms with Crippen LogP contribution in [0.1, 0.15) is 39.5 Å². The van der Waals surface area contributed by atoms with Crippen LogP contribution in [-0.2, 0) is 24.1 Å². The fourth-order valence-electron chi connectivity index (χ4n) is 7.32. The average Bonchev–Trinajstić information content (AvgIpc) is 3.33. The molecular weight excluding hydrogens is 859 g/mol. The Morgan fingerprint density at radius 1 is 0.631 bits per heavy atom. The number of fused-ring (bicyclic) bond motifs is 2. The summed E-state index contributed by atoms with van der Waals surface area (Å²) in [4.78, 5) is 43.4. The second kappa shape index (κ2) is 20.8. The zero-order valence-corrected chi connectivity index (χ0v) is 37.2. The summed E-state index contributed by atoms with van der Waals surface area (Å²) in [5.74, 6) is -0.329. The molecule has 9 rings (SSSR count). The Labute approximate surface area is 374 Å². The lowest BCUT2D eigenvalue weighted by Gasteiger charge is -2.31. The Morgan fingerprint density at radius 3 is 1.52 bits per heavy atom. The highest BCUT2D eigenvalue weighted by Crippen LogP contribution is 2.27. The molecule has 19 heteroatoms. The van der Waals surface area contributed by atoms with Gasteiger partial charge in [0, 0.05) is 62.4 Å². The lowest BCUT2D eigenvalue weighted by atomic mass is 10.1. The molecule has 0 saturated carbocycles. The van der Waals surface area contributed by atoms with E-state index in [0.29, 0.717) is 65.9 Å². The first-order valence-electron chi connectivity index (χ1n) is 21.3. The normalized spacial score (nSPS) is 14.7. The predicted molar refractivity (Wildman–Crippen MR) is 245 cm³/mol. The van der Waals surface area contributed by atoms with Crippen LogP contribution in [-0.4, -0.2) is 80.1 Å². The third-order valence-corrected chi connectivity index (χ3v) is 12.7. The third-order valence-electron chi connectivity index (χ3n) is 10.8. The lowest BCUT2D eigenvalue weighted by molar-refractivity contribution is 0.329. The lowest BCUT2D eigenvalue weighted by Crippen LogP contribution is -2.42. The molecule has 2 aliphatic rings. The number of benzene rings is 3. The van der Waals surface area contributed by atoms with E-state index in [0.717, 1.165) is 25.9 Å². The van der Waals surface area contributed by atoms with Crippen molar-refractivity contribution in [3.05, 3.63) is 136 Å². The van der Waals surface area contributed by atoms with Gasteiger partial charge in [-0.2, -0.15) is 14.3 Å². The fraction of sp³-hybridized carbons (Fsp3) is 0.304. The van der Waals surface area contributed by atoms with Gasteiger partial charge >= 0.3 is 0 Å². The number of para-hydroxylation sites is 2. The van der Waals surface area contributed by atoms with Gasteiger partial charge in [-0.15, -0.1) is 0 Å². The maximum atomic E-state index is 14.0. The molecule has 0 aliphatic carbocycles. The van der Waals surface area contributed by atoms with Gasteiger partial charge in [0.25, 0.3) is 11.1 Å². The minimum Gasteiger partial charge on any atom is -0.448 e. The minimum absolute atomic E-state index is 0.000867. The highest BCUT2D eigenvalue weighted by atomic mass is 32.2. The van der Waals surface area contributed by atoms with E-state index in [1.807, 2.05) is 13.8 Å². The summed E-state index contributed by atoms with van der Waals surface area (Å²) in [6.07, 6.45) is 6.36. The van der Waals surface area contributed by atoms with Crippen LogP contribution in [0.3, 0.4) is 0 Å². The topological polar surface area (TPSA) is 187 Å². The first-order chi connectivity index (χ1) is 31.4. The number of halogens is 2. The standard InChI is InChI=1S/C25H24FN5O4S.C19H20FN5O2.C2H6/c1-30-23-17(15-22(24(30)32)35-21-10-6-5-9-20(21)26)16-27-25(29-23)28-18-11-13-31(14-12-18)36(33,34)19-7-3-2-4-8-19;1-25-17-12(11-22-19(24-17)23-13-6-8-21-9-7-13)10-16(18(25)26)27-15-5-3-2-4-14(15)20;1-2/h2-10,15-16,18H,11-14H2,1H3,(H,27,28,29);2-5,10-11,13,21H,6-9H2,1H3,(H,22,23,24);1-2H3. The van der Waals surface area contributed by atoms with Gasteiger partial charge in [-0.25, -0.2) is 27.2 Å². The fourth-order valence-corrected chi connectivity index (χ4v) is 8.82. The van der Waals surface area contributed by atoms with Gasteiger partial charge in [-0.1, -0.05) is 56.3 Å². The number of ether oxygens (including phenoxy) is 2. The van der Waals surface area contributed by atoms with Gasteiger partial charge in [-0.3, -0.25) is 18.7 Å². The molecule has 16 nitrogen and oxygen atoms in total. The Kier molecular flexibility index (Phi) is 14.8. The van der Waals surface area contributed by atoms with Crippen molar-refractivity contribution in [2.24, 2.45) is 14.1 Å². The van der Waals surface area contributed by atoms with Crippen molar-refractivity contribution >= 4 is 44.0 Å². The van der Waals surface area contributed by atoms with Crippen molar-refractivity contribution < 1.29 is 26.7 Å². The van der Waals surface area contributed by atoms with Crippen LogP contribution in [0.25, 0.3) is 22.1 Å². The Hall–Kier alpha value is -6.83. The number of hydrogen-bond acceptors (Lipinski definition) is 13. The van der Waals surface area contributed by atoms with Gasteiger partial charge < -0.3 is 25.4 Å². The highest BCUT2D eigenvalue weighted by Gasteiger charge is 2.29. The van der Waals surface area contributed by atoms with Crippen LogP contribution in [0.4, 0.5) is 20.7 Å². The summed E-state index contributed by atoms with van der Waals surface area (Å²) in [6, 6.07) is 23.5. The molecule has 0 unspecified atom stereocenters. The number of rotatable bonds is 10. The Bertz CT molecular complexity index is 3000. The molecule has 6 heterocycles. The van der Waals surface area contributed by atoms with E-state index in [2.05, 4.69) is 35.9 Å². The minimum atomic E-state index is -3.53. The summed E-state index contributed by atoms with van der Waals surface area (Å²) < 4.78 is 68.7. The maximum absolute atomic E-state index is 14.0. The van der Waals surface area contributed by atoms with E-state index < -0.39 is 32.8 Å². The Balaban J connectivity index is 0.000000194. The molecule has 0 atom stereocenters. The number of anilines is 2.